The van der Waals surface area contributed by atoms with E-state index < -0.39 is 0 Å². The number of aliphatic hydroxyl groups excluding tert-OH is 1. The van der Waals surface area contributed by atoms with E-state index in [-0.39, 0.29) is 17.9 Å². The van der Waals surface area contributed by atoms with Gasteiger partial charge < -0.3 is 15.3 Å². The van der Waals surface area contributed by atoms with Crippen LogP contribution in [0.5, 0.6) is 0 Å². The van der Waals surface area contributed by atoms with Gasteiger partial charge in [0.1, 0.15) is 0 Å². The van der Waals surface area contributed by atoms with E-state index in [2.05, 4.69) is 26.1 Å². The molecule has 0 bridgehead atoms. The van der Waals surface area contributed by atoms with Gasteiger partial charge in [-0.25, -0.2) is 0 Å². The standard InChI is InChI=1S/C14H19BrN2O2/c1-14(13(19)16-2)5-6-17(9-14)11-4-3-10(8-18)12(15)7-11/h3-4,7,18H,5-6,8-9H2,1-2H3,(H,16,19). The molecule has 0 saturated carbocycles. The van der Waals surface area contributed by atoms with E-state index in [0.717, 1.165) is 35.2 Å². The van der Waals surface area contributed by atoms with Gasteiger partial charge in [-0.1, -0.05) is 22.0 Å². The third-order valence-electron chi connectivity index (χ3n) is 3.82. The zero-order chi connectivity index (χ0) is 14.0. The van der Waals surface area contributed by atoms with Gasteiger partial charge in [0, 0.05) is 30.3 Å². The molecule has 1 aromatic rings. The number of nitrogens with zero attached hydrogens (tertiary/aromatic N) is 1. The monoisotopic (exact) mass is 326 g/mol. The van der Waals surface area contributed by atoms with Crippen molar-refractivity contribution in [3.8, 4) is 0 Å². The van der Waals surface area contributed by atoms with E-state index >= 15 is 0 Å². The van der Waals surface area contributed by atoms with Gasteiger partial charge in [0.2, 0.25) is 5.91 Å². The molecule has 1 amide bonds. The van der Waals surface area contributed by atoms with Crippen LogP contribution in [0.1, 0.15) is 18.9 Å². The number of benzene rings is 1. The summed E-state index contributed by atoms with van der Waals surface area (Å²) in [5.74, 6) is 0.0982. The van der Waals surface area contributed by atoms with Crippen molar-refractivity contribution in [2.45, 2.75) is 20.0 Å². The van der Waals surface area contributed by atoms with Crippen molar-refractivity contribution in [2.75, 3.05) is 25.0 Å². The molecule has 1 aliphatic rings. The van der Waals surface area contributed by atoms with Crippen molar-refractivity contribution in [1.29, 1.82) is 0 Å². The fourth-order valence-corrected chi connectivity index (χ4v) is 3.02. The summed E-state index contributed by atoms with van der Waals surface area (Å²) >= 11 is 3.46. The molecular formula is C14H19BrN2O2. The molecule has 5 heteroatoms. The molecule has 1 saturated heterocycles. The summed E-state index contributed by atoms with van der Waals surface area (Å²) < 4.78 is 0.904. The van der Waals surface area contributed by atoms with Gasteiger partial charge in [0.25, 0.3) is 0 Å². The fourth-order valence-electron chi connectivity index (χ4n) is 2.53. The smallest absolute Gasteiger partial charge is 0.227 e. The summed E-state index contributed by atoms with van der Waals surface area (Å²) in [6.45, 7) is 3.62. The molecule has 1 heterocycles. The highest BCUT2D eigenvalue weighted by atomic mass is 79.9. The maximum absolute atomic E-state index is 11.9. The Morgan fingerprint density at radius 3 is 2.89 bits per heavy atom. The van der Waals surface area contributed by atoms with Crippen LogP contribution in [-0.4, -0.2) is 31.2 Å². The molecule has 104 valence electrons. The summed E-state index contributed by atoms with van der Waals surface area (Å²) in [4.78, 5) is 14.1. The quantitative estimate of drug-likeness (QED) is 0.892. The SMILES string of the molecule is CNC(=O)C1(C)CCN(c2ccc(CO)c(Br)c2)C1. The average Bonchev–Trinajstić information content (AvgIpc) is 2.81. The Hall–Kier alpha value is -1.07. The van der Waals surface area contributed by atoms with Gasteiger partial charge >= 0.3 is 0 Å². The first-order chi connectivity index (χ1) is 9.00. The van der Waals surface area contributed by atoms with Crippen LogP contribution in [0, 0.1) is 5.41 Å². The van der Waals surface area contributed by atoms with Gasteiger partial charge in [0.05, 0.1) is 12.0 Å². The minimum atomic E-state index is -0.323. The topological polar surface area (TPSA) is 52.6 Å². The molecule has 0 aromatic heterocycles. The minimum absolute atomic E-state index is 0.0246. The van der Waals surface area contributed by atoms with Crippen LogP contribution >= 0.6 is 15.9 Å². The van der Waals surface area contributed by atoms with E-state index in [4.69, 9.17) is 5.11 Å². The number of aliphatic hydroxyl groups is 1. The molecule has 0 aliphatic carbocycles. The van der Waals surface area contributed by atoms with Crippen LogP contribution in [-0.2, 0) is 11.4 Å². The first-order valence-corrected chi connectivity index (χ1v) is 7.16. The second-order valence-electron chi connectivity index (χ2n) is 5.25. The lowest BCUT2D eigenvalue weighted by molar-refractivity contribution is -0.128. The third kappa shape index (κ3) is 2.77. The molecule has 1 fully saturated rings. The molecule has 0 radical (unpaired) electrons. The maximum atomic E-state index is 11.9. The Morgan fingerprint density at radius 1 is 1.58 bits per heavy atom. The lowest BCUT2D eigenvalue weighted by Gasteiger charge is -2.24. The summed E-state index contributed by atoms with van der Waals surface area (Å²) in [5.41, 5.74) is 1.63. The van der Waals surface area contributed by atoms with Crippen molar-refractivity contribution in [3.05, 3.63) is 28.2 Å². The van der Waals surface area contributed by atoms with Crippen LogP contribution in [0.4, 0.5) is 5.69 Å². The number of amides is 1. The largest absolute Gasteiger partial charge is 0.392 e. The number of hydrogen-bond acceptors (Lipinski definition) is 3. The Kier molecular flexibility index (Phi) is 4.16. The molecule has 2 N–H and O–H groups in total. The predicted octanol–water partition coefficient (Wildman–Crippen LogP) is 1.90. The van der Waals surface area contributed by atoms with Crippen molar-refractivity contribution >= 4 is 27.5 Å². The number of hydrogen-bond donors (Lipinski definition) is 2. The molecule has 0 spiro atoms. The molecule has 1 unspecified atom stereocenters. The Labute approximate surface area is 121 Å². The summed E-state index contributed by atoms with van der Waals surface area (Å²) in [6, 6.07) is 5.90. The molecule has 4 nitrogen and oxygen atoms in total. The lowest BCUT2D eigenvalue weighted by atomic mass is 9.89. The number of halogens is 1. The van der Waals surface area contributed by atoms with Crippen LogP contribution in [0.3, 0.4) is 0 Å². The van der Waals surface area contributed by atoms with Crippen LogP contribution < -0.4 is 10.2 Å². The van der Waals surface area contributed by atoms with Gasteiger partial charge in [-0.15, -0.1) is 0 Å². The molecular weight excluding hydrogens is 308 g/mol. The fraction of sp³-hybridized carbons (Fsp3) is 0.500. The van der Waals surface area contributed by atoms with Gasteiger partial charge in [-0.3, -0.25) is 4.79 Å². The first-order valence-electron chi connectivity index (χ1n) is 6.36. The summed E-state index contributed by atoms with van der Waals surface area (Å²) in [7, 11) is 1.68. The van der Waals surface area contributed by atoms with Crippen molar-refractivity contribution in [3.63, 3.8) is 0 Å². The molecule has 1 atom stereocenters. The normalized spacial score (nSPS) is 22.6. The van der Waals surface area contributed by atoms with E-state index in [0.29, 0.717) is 0 Å². The van der Waals surface area contributed by atoms with Crippen LogP contribution in [0.25, 0.3) is 0 Å². The van der Waals surface area contributed by atoms with Crippen molar-refractivity contribution in [2.24, 2.45) is 5.41 Å². The molecule has 1 aliphatic heterocycles. The van der Waals surface area contributed by atoms with Crippen molar-refractivity contribution < 1.29 is 9.90 Å². The Balaban J connectivity index is 2.17. The summed E-state index contributed by atoms with van der Waals surface area (Å²) in [5, 5.41) is 11.9. The maximum Gasteiger partial charge on any atom is 0.227 e. The third-order valence-corrected chi connectivity index (χ3v) is 4.56. The molecule has 19 heavy (non-hydrogen) atoms. The number of rotatable bonds is 3. The number of nitrogens with one attached hydrogen (secondary N) is 1. The lowest BCUT2D eigenvalue weighted by Crippen LogP contribution is -2.39. The highest BCUT2D eigenvalue weighted by molar-refractivity contribution is 9.10. The van der Waals surface area contributed by atoms with Crippen molar-refractivity contribution in [1.82, 2.24) is 5.32 Å². The zero-order valence-electron chi connectivity index (χ0n) is 11.2. The van der Waals surface area contributed by atoms with Gasteiger partial charge in [-0.2, -0.15) is 0 Å². The Bertz CT molecular complexity index is 492. The first kappa shape index (κ1) is 14.3. The average molecular weight is 327 g/mol. The molecule has 1 aromatic carbocycles. The van der Waals surface area contributed by atoms with E-state index in [9.17, 15) is 4.79 Å². The van der Waals surface area contributed by atoms with Crippen LogP contribution in [0.2, 0.25) is 0 Å². The zero-order valence-corrected chi connectivity index (χ0v) is 12.8. The van der Waals surface area contributed by atoms with E-state index in [1.807, 2.05) is 25.1 Å². The second-order valence-corrected chi connectivity index (χ2v) is 6.10. The molecule has 2 rings (SSSR count). The summed E-state index contributed by atoms with van der Waals surface area (Å²) in [6.07, 6.45) is 0.853. The van der Waals surface area contributed by atoms with E-state index in [1.54, 1.807) is 7.05 Å². The number of carbonyl (C=O) groups is 1. The highest BCUT2D eigenvalue weighted by Crippen LogP contribution is 2.34. The van der Waals surface area contributed by atoms with Crippen LogP contribution in [0.15, 0.2) is 22.7 Å². The minimum Gasteiger partial charge on any atom is -0.392 e. The number of anilines is 1. The predicted molar refractivity (Wildman–Crippen MR) is 79.1 cm³/mol. The van der Waals surface area contributed by atoms with E-state index in [1.165, 1.54) is 0 Å². The highest BCUT2D eigenvalue weighted by Gasteiger charge is 2.39. The second kappa shape index (κ2) is 5.51. The number of carbonyl (C=O) groups excluding carboxylic acids is 1. The van der Waals surface area contributed by atoms with Gasteiger partial charge in [-0.05, 0) is 31.0 Å². The van der Waals surface area contributed by atoms with Gasteiger partial charge in [0.15, 0.2) is 0 Å². The Morgan fingerprint density at radius 2 is 2.32 bits per heavy atom.